The highest BCUT2D eigenvalue weighted by Gasteiger charge is 2.46. The standard InChI is InChI=1S/C108H75BN8/c1-107(2,3)79-40-26-35-71(55-79)89-58-77(102-73(65-110)37-25-38-74(102)66-111)57-87(69-31-13-9-14-32-69)105(89)116-98-63-81(114-94-47-21-17-42-83(94)84-43-18-22-48-95(84)114)51-53-91(98)109-92-54-52-82(115-96-49-23-19-44-85(96)86-45-20-24-50-97(86)115)64-99(92)117(101-62-76(61-100(116)104(101)109)68-29-11-8-12-30-68)106-88(70-33-15-10-16-34-70)59-78(103-75(67-112)39-28-46-93(103)113-7)60-90(106)72-36-27-41-80(56-72)108(4,5)6/h8-64H,1-6H3. The minimum absolute atomic E-state index is 0.273. The predicted octanol–water partition coefficient (Wildman–Crippen LogP) is 26.4. The molecule has 9 heteroatoms. The van der Waals surface area contributed by atoms with Crippen LogP contribution in [0.15, 0.2) is 346 Å². The van der Waals surface area contributed by atoms with Gasteiger partial charge in [0.15, 0.2) is 5.69 Å². The van der Waals surface area contributed by atoms with Crippen LogP contribution < -0.4 is 26.2 Å². The molecule has 0 bridgehead atoms. The zero-order valence-electron chi connectivity index (χ0n) is 65.6. The lowest BCUT2D eigenvalue weighted by Crippen LogP contribution is -2.61. The third kappa shape index (κ3) is 11.6. The summed E-state index contributed by atoms with van der Waals surface area (Å²) in [5.41, 5.74) is 30.3. The van der Waals surface area contributed by atoms with Crippen molar-refractivity contribution in [2.75, 3.05) is 9.80 Å². The van der Waals surface area contributed by atoms with Gasteiger partial charge in [-0.1, -0.05) is 284 Å². The molecule has 0 radical (unpaired) electrons. The van der Waals surface area contributed by atoms with Gasteiger partial charge in [0.05, 0.1) is 69.3 Å². The van der Waals surface area contributed by atoms with Gasteiger partial charge >= 0.3 is 0 Å². The Hall–Kier alpha value is -15.3. The molecule has 20 rings (SSSR count). The van der Waals surface area contributed by atoms with Crippen LogP contribution >= 0.6 is 0 Å². The molecule has 2 aliphatic heterocycles. The Morgan fingerprint density at radius 1 is 0.299 bits per heavy atom. The monoisotopic (exact) mass is 1490 g/mol. The Kier molecular flexibility index (Phi) is 16.9. The van der Waals surface area contributed by atoms with Crippen LogP contribution in [0.5, 0.6) is 0 Å². The van der Waals surface area contributed by atoms with Crippen LogP contribution in [-0.4, -0.2) is 15.8 Å². The van der Waals surface area contributed by atoms with Crippen molar-refractivity contribution in [3.05, 3.63) is 385 Å². The Morgan fingerprint density at radius 3 is 1.03 bits per heavy atom. The molecule has 16 aromatic carbocycles. The molecule has 0 N–H and O–H groups in total. The van der Waals surface area contributed by atoms with E-state index in [9.17, 15) is 15.8 Å². The highest BCUT2D eigenvalue weighted by atomic mass is 15.2. The number of anilines is 6. The maximum atomic E-state index is 11.3. The van der Waals surface area contributed by atoms with Gasteiger partial charge in [-0.3, -0.25) is 0 Å². The molecular formula is C108H75BN8. The second-order valence-electron chi connectivity index (χ2n) is 32.7. The highest BCUT2D eigenvalue weighted by Crippen LogP contribution is 2.57. The summed E-state index contributed by atoms with van der Waals surface area (Å²) in [5.74, 6) is 0. The molecule has 0 saturated carbocycles. The van der Waals surface area contributed by atoms with Gasteiger partial charge < -0.3 is 18.9 Å². The molecule has 18 aromatic rings. The second kappa shape index (κ2) is 27.8. The van der Waals surface area contributed by atoms with Crippen molar-refractivity contribution in [2.24, 2.45) is 0 Å². The topological polar surface area (TPSA) is 92.1 Å². The van der Waals surface area contributed by atoms with Crippen LogP contribution in [0, 0.1) is 40.6 Å². The lowest BCUT2D eigenvalue weighted by Gasteiger charge is -2.46. The average Bonchev–Trinajstić information content (AvgIpc) is 1.22. The summed E-state index contributed by atoms with van der Waals surface area (Å²) in [7, 11) is 0. The number of hydrogen-bond donors (Lipinski definition) is 0. The maximum absolute atomic E-state index is 11.3. The molecule has 0 saturated heterocycles. The Balaban J connectivity index is 1.01. The third-order valence-corrected chi connectivity index (χ3v) is 23.9. The van der Waals surface area contributed by atoms with Gasteiger partial charge in [0.25, 0.3) is 6.71 Å². The van der Waals surface area contributed by atoms with Crippen molar-refractivity contribution in [3.63, 3.8) is 0 Å². The summed E-state index contributed by atoms with van der Waals surface area (Å²) in [6.45, 7) is 21.9. The van der Waals surface area contributed by atoms with E-state index in [0.717, 1.165) is 183 Å². The minimum Gasteiger partial charge on any atom is -0.310 e. The Morgan fingerprint density at radius 2 is 0.641 bits per heavy atom. The van der Waals surface area contributed by atoms with E-state index >= 15 is 0 Å². The fourth-order valence-electron chi connectivity index (χ4n) is 18.5. The molecule has 550 valence electrons. The minimum atomic E-state index is -0.444. The van der Waals surface area contributed by atoms with Gasteiger partial charge in [-0.25, -0.2) is 4.85 Å². The lowest BCUT2D eigenvalue weighted by atomic mass is 9.33. The summed E-state index contributed by atoms with van der Waals surface area (Å²) in [4.78, 5) is 9.34. The smallest absolute Gasteiger partial charge is 0.252 e. The van der Waals surface area contributed by atoms with Crippen molar-refractivity contribution in [3.8, 4) is 107 Å². The van der Waals surface area contributed by atoms with Crippen molar-refractivity contribution < 1.29 is 0 Å². The molecule has 8 nitrogen and oxygen atoms in total. The van der Waals surface area contributed by atoms with Gasteiger partial charge in [0, 0.05) is 94.6 Å². The largest absolute Gasteiger partial charge is 0.310 e. The van der Waals surface area contributed by atoms with E-state index < -0.39 is 6.71 Å². The number of benzene rings is 16. The summed E-state index contributed by atoms with van der Waals surface area (Å²) < 4.78 is 4.86. The van der Waals surface area contributed by atoms with Crippen LogP contribution in [0.2, 0.25) is 0 Å². The first-order valence-electron chi connectivity index (χ1n) is 39.8. The number of fused-ring (bicyclic) bond motifs is 10. The fourth-order valence-corrected chi connectivity index (χ4v) is 18.5. The Bertz CT molecular complexity index is 6760. The quantitative estimate of drug-likeness (QED) is 0.0950. The molecule has 0 atom stereocenters. The van der Waals surface area contributed by atoms with Crippen molar-refractivity contribution in [1.82, 2.24) is 9.13 Å². The SMILES string of the molecule is [C-]#[N+]c1cccc(C#N)c1-c1cc(-c2ccccc2)c(N2c3cc(-n4c5ccccc5c5ccccc54)ccc3B3c4ccc(-n5c6ccccc6c6ccccc65)cc4N(c4c(-c5ccccc5)cc(-c5c(C#N)cccc5C#N)cc4-c4cccc(C(C)(C)C)c4)c4cc(-c5ccccc5)cc2c43)c(-c2cccc(C(C)(C)C)c2)c1. The van der Waals surface area contributed by atoms with E-state index in [1.54, 1.807) is 6.07 Å². The molecule has 117 heavy (non-hydrogen) atoms. The summed E-state index contributed by atoms with van der Waals surface area (Å²) in [5, 5.41) is 38.4. The van der Waals surface area contributed by atoms with E-state index in [1.165, 1.54) is 0 Å². The van der Waals surface area contributed by atoms with E-state index in [1.807, 2.05) is 30.3 Å². The third-order valence-electron chi connectivity index (χ3n) is 23.9. The summed E-state index contributed by atoms with van der Waals surface area (Å²) >= 11 is 0. The molecule has 4 heterocycles. The zero-order valence-corrected chi connectivity index (χ0v) is 65.6. The van der Waals surface area contributed by atoms with Crippen molar-refractivity contribution >= 4 is 107 Å². The molecule has 0 spiro atoms. The number of hydrogen-bond acceptors (Lipinski definition) is 5. The van der Waals surface area contributed by atoms with Crippen molar-refractivity contribution in [1.29, 1.82) is 15.8 Å². The lowest BCUT2D eigenvalue weighted by molar-refractivity contribution is 0.590. The molecule has 0 amide bonds. The van der Waals surface area contributed by atoms with Gasteiger partial charge in [-0.05, 0) is 186 Å². The summed E-state index contributed by atoms with van der Waals surface area (Å²) in [6, 6.07) is 132. The number of rotatable bonds is 11. The fraction of sp³-hybridized carbons (Fsp3) is 0.0741. The van der Waals surface area contributed by atoms with Crippen LogP contribution in [0.25, 0.3) is 138 Å². The highest BCUT2D eigenvalue weighted by molar-refractivity contribution is 7.00. The van der Waals surface area contributed by atoms with Gasteiger partial charge in [0.1, 0.15) is 0 Å². The molecular weight excluding hydrogens is 1420 g/mol. The van der Waals surface area contributed by atoms with Crippen LogP contribution in [0.4, 0.5) is 39.8 Å². The van der Waals surface area contributed by atoms with Gasteiger partial charge in [-0.2, -0.15) is 15.8 Å². The number of nitriles is 3. The number of aromatic nitrogens is 2. The first kappa shape index (κ1) is 70.8. The first-order valence-corrected chi connectivity index (χ1v) is 39.8. The number of nitrogens with zero attached hydrogens (tertiary/aromatic N) is 8. The number of para-hydroxylation sites is 4. The van der Waals surface area contributed by atoms with Gasteiger partial charge in [0.2, 0.25) is 0 Å². The molecule has 0 aliphatic carbocycles. The second-order valence-corrected chi connectivity index (χ2v) is 32.7. The van der Waals surface area contributed by atoms with Gasteiger partial charge in [-0.15, -0.1) is 0 Å². The molecule has 2 aromatic heterocycles. The zero-order chi connectivity index (χ0) is 79.5. The first-order chi connectivity index (χ1) is 57.2. The maximum Gasteiger partial charge on any atom is 0.252 e. The summed E-state index contributed by atoms with van der Waals surface area (Å²) in [6.07, 6.45) is 0. The van der Waals surface area contributed by atoms with E-state index in [-0.39, 0.29) is 10.8 Å². The van der Waals surface area contributed by atoms with Crippen molar-refractivity contribution in [2.45, 2.75) is 52.4 Å². The molecule has 0 fully saturated rings. The molecule has 0 unspecified atom stereocenters. The predicted molar refractivity (Wildman–Crippen MR) is 485 cm³/mol. The van der Waals surface area contributed by atoms with E-state index in [4.69, 9.17) is 6.57 Å². The normalized spacial score (nSPS) is 12.3. The van der Waals surface area contributed by atoms with Crippen LogP contribution in [-0.2, 0) is 10.8 Å². The molecule has 2 aliphatic rings. The Labute approximate surface area is 681 Å². The van der Waals surface area contributed by atoms with Crippen LogP contribution in [0.1, 0.15) is 69.4 Å². The van der Waals surface area contributed by atoms with E-state index in [0.29, 0.717) is 33.5 Å². The van der Waals surface area contributed by atoms with Crippen LogP contribution in [0.3, 0.4) is 0 Å². The average molecular weight is 1500 g/mol. The van der Waals surface area contributed by atoms with E-state index in [2.05, 4.69) is 393 Å².